The molecule has 0 unspecified atom stereocenters. The molecule has 6 nitrogen and oxygen atoms in total. The van der Waals surface area contributed by atoms with E-state index in [-0.39, 0.29) is 0 Å². The topological polar surface area (TPSA) is 90.1 Å². The van der Waals surface area contributed by atoms with Crippen molar-refractivity contribution in [2.75, 3.05) is 0 Å². The number of aromatic nitrogens is 2. The maximum absolute atomic E-state index is 11.7. The third-order valence-corrected chi connectivity index (χ3v) is 5.54. The Morgan fingerprint density at radius 1 is 1.03 bits per heavy atom. The molecule has 33 heavy (non-hydrogen) atoms. The van der Waals surface area contributed by atoms with Crippen LogP contribution in [-0.4, -0.2) is 31.6 Å². The van der Waals surface area contributed by atoms with Crippen LogP contribution in [0.2, 0.25) is 0 Å². The number of pyridine rings is 2. The number of hydrogen-bond acceptors (Lipinski definition) is 4. The predicted octanol–water partition coefficient (Wildman–Crippen LogP) is 6.11. The van der Waals surface area contributed by atoms with E-state index in [0.29, 0.717) is 23.1 Å². The molecule has 0 saturated carbocycles. The molecule has 2 aromatic heterocycles. The highest BCUT2D eigenvalue weighted by atomic mass is 16.4. The molecule has 0 aliphatic rings. The standard InChI is InChI=1S/C27H24N4O2/c1-27(2,3)31(26(32)33)17-18-9-11-20(12-10-18)25-21(19-7-5-4-6-8-19)15-22-23(30-25)13-14-29-24(22)16-28/h4-15H,17H2,1-3H3,(H,32,33). The van der Waals surface area contributed by atoms with Crippen LogP contribution in [0.15, 0.2) is 72.9 Å². The van der Waals surface area contributed by atoms with E-state index in [2.05, 4.69) is 11.1 Å². The van der Waals surface area contributed by atoms with Gasteiger partial charge in [0.2, 0.25) is 0 Å². The zero-order valence-corrected chi connectivity index (χ0v) is 18.8. The van der Waals surface area contributed by atoms with Crippen molar-refractivity contribution in [3.05, 3.63) is 84.2 Å². The molecule has 6 heteroatoms. The minimum Gasteiger partial charge on any atom is -0.465 e. The number of fused-ring (bicyclic) bond motifs is 1. The van der Waals surface area contributed by atoms with E-state index in [9.17, 15) is 15.2 Å². The van der Waals surface area contributed by atoms with Gasteiger partial charge >= 0.3 is 6.09 Å². The molecule has 0 aliphatic heterocycles. The number of nitrogens with zero attached hydrogens (tertiary/aromatic N) is 4. The molecule has 1 amide bonds. The van der Waals surface area contributed by atoms with Crippen molar-refractivity contribution >= 4 is 17.0 Å². The molecule has 164 valence electrons. The first-order chi connectivity index (χ1) is 15.8. The molecule has 0 bridgehead atoms. The summed E-state index contributed by atoms with van der Waals surface area (Å²) in [7, 11) is 0. The third-order valence-electron chi connectivity index (χ3n) is 5.54. The fourth-order valence-corrected chi connectivity index (χ4v) is 3.79. The number of amides is 1. The minimum atomic E-state index is -0.948. The van der Waals surface area contributed by atoms with E-state index in [1.54, 1.807) is 12.3 Å². The molecule has 0 atom stereocenters. The number of hydrogen-bond donors (Lipinski definition) is 1. The average molecular weight is 437 g/mol. The van der Waals surface area contributed by atoms with Crippen LogP contribution in [-0.2, 0) is 6.54 Å². The van der Waals surface area contributed by atoms with E-state index < -0.39 is 11.6 Å². The van der Waals surface area contributed by atoms with Crippen LogP contribution >= 0.6 is 0 Å². The second kappa shape index (κ2) is 8.71. The van der Waals surface area contributed by atoms with Gasteiger partial charge in [-0.15, -0.1) is 0 Å². The maximum Gasteiger partial charge on any atom is 0.408 e. The number of carbonyl (C=O) groups is 1. The van der Waals surface area contributed by atoms with Gasteiger partial charge in [0.15, 0.2) is 0 Å². The molecule has 0 aliphatic carbocycles. The summed E-state index contributed by atoms with van der Waals surface area (Å²) in [5, 5.41) is 19.8. The van der Waals surface area contributed by atoms with Crippen molar-refractivity contribution in [2.45, 2.75) is 32.9 Å². The summed E-state index contributed by atoms with van der Waals surface area (Å²) in [6.45, 7) is 5.94. The second-order valence-electron chi connectivity index (χ2n) is 8.83. The van der Waals surface area contributed by atoms with Gasteiger partial charge in [0.1, 0.15) is 11.8 Å². The highest BCUT2D eigenvalue weighted by Crippen LogP contribution is 2.34. The van der Waals surface area contributed by atoms with Crippen LogP contribution in [0.5, 0.6) is 0 Å². The maximum atomic E-state index is 11.7. The Morgan fingerprint density at radius 3 is 2.33 bits per heavy atom. The smallest absolute Gasteiger partial charge is 0.408 e. The SMILES string of the molecule is CC(C)(C)N(Cc1ccc(-c2nc3ccnc(C#N)c3cc2-c2ccccc2)cc1)C(=O)O. The Morgan fingerprint density at radius 2 is 1.73 bits per heavy atom. The van der Waals surface area contributed by atoms with Gasteiger partial charge in [-0.05, 0) is 44.0 Å². The molecule has 2 heterocycles. The van der Waals surface area contributed by atoms with Gasteiger partial charge in [-0.2, -0.15) is 5.26 Å². The first-order valence-electron chi connectivity index (χ1n) is 10.6. The van der Waals surface area contributed by atoms with Crippen LogP contribution in [0.4, 0.5) is 4.79 Å². The van der Waals surface area contributed by atoms with Crippen LogP contribution in [0.3, 0.4) is 0 Å². The fraction of sp³-hybridized carbons (Fsp3) is 0.185. The first-order valence-corrected chi connectivity index (χ1v) is 10.6. The van der Waals surface area contributed by atoms with Gasteiger partial charge in [-0.1, -0.05) is 54.6 Å². The predicted molar refractivity (Wildman–Crippen MR) is 128 cm³/mol. The second-order valence-corrected chi connectivity index (χ2v) is 8.83. The lowest BCUT2D eigenvalue weighted by Gasteiger charge is -2.33. The molecule has 0 spiro atoms. The Hall–Kier alpha value is -4.24. The summed E-state index contributed by atoms with van der Waals surface area (Å²) in [4.78, 5) is 22.2. The van der Waals surface area contributed by atoms with Crippen LogP contribution in [0, 0.1) is 11.3 Å². The van der Waals surface area contributed by atoms with Gasteiger partial charge in [-0.3, -0.25) is 4.90 Å². The zero-order chi connectivity index (χ0) is 23.6. The quantitative estimate of drug-likeness (QED) is 0.416. The lowest BCUT2D eigenvalue weighted by molar-refractivity contribution is 0.0955. The summed E-state index contributed by atoms with van der Waals surface area (Å²) in [5.41, 5.74) is 5.03. The number of rotatable bonds is 4. The molecule has 0 saturated heterocycles. The number of nitriles is 1. The Labute approximate surface area is 192 Å². The molecule has 0 fully saturated rings. The summed E-state index contributed by atoms with van der Waals surface area (Å²) >= 11 is 0. The molecule has 1 N–H and O–H groups in total. The van der Waals surface area contributed by atoms with Gasteiger partial charge < -0.3 is 5.11 Å². The number of benzene rings is 2. The molecule has 4 aromatic rings. The van der Waals surface area contributed by atoms with E-state index in [1.165, 1.54) is 4.90 Å². The monoisotopic (exact) mass is 436 g/mol. The first kappa shape index (κ1) is 22.0. The van der Waals surface area contributed by atoms with Crippen LogP contribution in [0.1, 0.15) is 32.0 Å². The van der Waals surface area contributed by atoms with Gasteiger partial charge in [0.05, 0.1) is 11.2 Å². The zero-order valence-electron chi connectivity index (χ0n) is 18.8. The summed E-state index contributed by atoms with van der Waals surface area (Å²) < 4.78 is 0. The largest absolute Gasteiger partial charge is 0.465 e. The van der Waals surface area contributed by atoms with E-state index >= 15 is 0 Å². The van der Waals surface area contributed by atoms with Crippen molar-refractivity contribution < 1.29 is 9.90 Å². The summed E-state index contributed by atoms with van der Waals surface area (Å²) in [5.74, 6) is 0. The Bertz CT molecular complexity index is 1350. The molecular formula is C27H24N4O2. The molecule has 2 aromatic carbocycles. The van der Waals surface area contributed by atoms with E-state index in [0.717, 1.165) is 27.9 Å². The van der Waals surface area contributed by atoms with Crippen LogP contribution in [0.25, 0.3) is 33.3 Å². The molecular weight excluding hydrogens is 412 g/mol. The highest BCUT2D eigenvalue weighted by Gasteiger charge is 2.26. The van der Waals surface area contributed by atoms with E-state index in [4.69, 9.17) is 4.98 Å². The van der Waals surface area contributed by atoms with Crippen molar-refractivity contribution in [2.24, 2.45) is 0 Å². The average Bonchev–Trinajstić information content (AvgIpc) is 2.81. The van der Waals surface area contributed by atoms with Crippen molar-refractivity contribution in [3.8, 4) is 28.5 Å². The summed E-state index contributed by atoms with van der Waals surface area (Å²) in [6, 6.07) is 23.6. The van der Waals surface area contributed by atoms with Gasteiger partial charge in [0.25, 0.3) is 0 Å². The fourth-order valence-electron chi connectivity index (χ4n) is 3.79. The van der Waals surface area contributed by atoms with Crippen molar-refractivity contribution in [3.63, 3.8) is 0 Å². The molecule has 0 radical (unpaired) electrons. The molecule has 4 rings (SSSR count). The highest BCUT2D eigenvalue weighted by molar-refractivity contribution is 5.93. The number of carboxylic acid groups (broad SMARTS) is 1. The lowest BCUT2D eigenvalue weighted by atomic mass is 9.96. The van der Waals surface area contributed by atoms with E-state index in [1.807, 2.05) is 81.4 Å². The summed E-state index contributed by atoms with van der Waals surface area (Å²) in [6.07, 6.45) is 0.645. The van der Waals surface area contributed by atoms with Gasteiger partial charge in [-0.25, -0.2) is 14.8 Å². The lowest BCUT2D eigenvalue weighted by Crippen LogP contribution is -2.44. The Kier molecular flexibility index (Phi) is 5.80. The minimum absolute atomic E-state index is 0.299. The normalized spacial score (nSPS) is 11.2. The van der Waals surface area contributed by atoms with Gasteiger partial charge in [0, 0.05) is 34.8 Å². The van der Waals surface area contributed by atoms with Crippen molar-refractivity contribution in [1.82, 2.24) is 14.9 Å². The third kappa shape index (κ3) is 4.53. The van der Waals surface area contributed by atoms with Crippen molar-refractivity contribution in [1.29, 1.82) is 5.26 Å². The Balaban J connectivity index is 1.81. The van der Waals surface area contributed by atoms with Crippen LogP contribution < -0.4 is 0 Å².